The minimum absolute atomic E-state index is 0.0278. The second-order valence-electron chi connectivity index (χ2n) is 5.44. The van der Waals surface area contributed by atoms with E-state index in [1.807, 2.05) is 5.38 Å². The lowest BCUT2D eigenvalue weighted by Crippen LogP contribution is -2.31. The predicted octanol–water partition coefficient (Wildman–Crippen LogP) is 1.98. The van der Waals surface area contributed by atoms with Gasteiger partial charge in [0.1, 0.15) is 11.2 Å². The molecule has 8 nitrogen and oxygen atoms in total. The van der Waals surface area contributed by atoms with E-state index in [1.165, 1.54) is 17.5 Å². The molecule has 3 heterocycles. The van der Waals surface area contributed by atoms with E-state index in [1.54, 1.807) is 36.6 Å². The number of aromatic nitrogens is 2. The second-order valence-corrected chi connectivity index (χ2v) is 6.22. The van der Waals surface area contributed by atoms with Gasteiger partial charge in [0.25, 0.3) is 0 Å². The van der Waals surface area contributed by atoms with Crippen LogP contribution in [0.2, 0.25) is 0 Å². The van der Waals surface area contributed by atoms with Gasteiger partial charge in [-0.25, -0.2) is 4.98 Å². The summed E-state index contributed by atoms with van der Waals surface area (Å²) in [6.45, 7) is 1.56. The largest absolute Gasteiger partial charge is 0.384 e. The lowest BCUT2D eigenvalue weighted by atomic mass is 9.99. The number of thiophene rings is 1. The molecule has 0 fully saturated rings. The van der Waals surface area contributed by atoms with Gasteiger partial charge in [-0.3, -0.25) is 19.3 Å². The van der Waals surface area contributed by atoms with Crippen LogP contribution in [0.3, 0.4) is 0 Å². The minimum atomic E-state index is -1.25. The van der Waals surface area contributed by atoms with Crippen molar-refractivity contribution in [1.82, 2.24) is 9.38 Å². The summed E-state index contributed by atoms with van der Waals surface area (Å²) < 4.78 is 1.11. The van der Waals surface area contributed by atoms with Gasteiger partial charge >= 0.3 is 11.2 Å². The van der Waals surface area contributed by atoms with Gasteiger partial charge in [-0.15, -0.1) is 0 Å². The zero-order chi connectivity index (χ0) is 17.3. The molecule has 9 heteroatoms. The Morgan fingerprint density at radius 1 is 1.46 bits per heavy atom. The van der Waals surface area contributed by atoms with Crippen LogP contribution in [0, 0.1) is 10.1 Å². The first-order valence-corrected chi connectivity index (χ1v) is 7.99. The zero-order valence-corrected chi connectivity index (χ0v) is 13.5. The molecule has 0 aliphatic heterocycles. The van der Waals surface area contributed by atoms with Crippen molar-refractivity contribution in [2.75, 3.05) is 11.9 Å². The summed E-state index contributed by atoms with van der Waals surface area (Å²) in [7, 11) is 0. The maximum absolute atomic E-state index is 12.3. The highest BCUT2D eigenvalue weighted by Crippen LogP contribution is 2.25. The number of fused-ring (bicyclic) bond motifs is 1. The second kappa shape index (κ2) is 6.02. The van der Waals surface area contributed by atoms with Gasteiger partial charge in [0.2, 0.25) is 5.82 Å². The van der Waals surface area contributed by atoms with Crippen LogP contribution < -0.4 is 10.9 Å². The van der Waals surface area contributed by atoms with Gasteiger partial charge in [-0.1, -0.05) is 6.07 Å². The van der Waals surface area contributed by atoms with Crippen molar-refractivity contribution < 1.29 is 10.0 Å². The SMILES string of the molecule is CC(O)(CNc1nc2ccccn2c(=O)c1[N+](=O)[O-])c1ccsc1. The van der Waals surface area contributed by atoms with Gasteiger partial charge in [0.15, 0.2) is 0 Å². The number of nitrogens with zero attached hydrogens (tertiary/aromatic N) is 3. The highest BCUT2D eigenvalue weighted by atomic mass is 32.1. The Kier molecular flexibility index (Phi) is 4.04. The molecular formula is C15H14N4O4S. The minimum Gasteiger partial charge on any atom is -0.384 e. The third-order valence-corrected chi connectivity index (χ3v) is 4.32. The van der Waals surface area contributed by atoms with Crippen LogP contribution in [0.5, 0.6) is 0 Å². The number of aliphatic hydroxyl groups is 1. The average molecular weight is 346 g/mol. The van der Waals surface area contributed by atoms with E-state index < -0.39 is 21.8 Å². The van der Waals surface area contributed by atoms with E-state index in [2.05, 4.69) is 10.3 Å². The summed E-state index contributed by atoms with van der Waals surface area (Å²) >= 11 is 1.44. The Morgan fingerprint density at radius 3 is 2.92 bits per heavy atom. The summed E-state index contributed by atoms with van der Waals surface area (Å²) in [5, 5.41) is 28.2. The first-order chi connectivity index (χ1) is 11.4. The molecule has 0 aliphatic rings. The molecule has 124 valence electrons. The summed E-state index contributed by atoms with van der Waals surface area (Å²) in [5.74, 6) is -0.160. The van der Waals surface area contributed by atoms with Crippen molar-refractivity contribution in [2.45, 2.75) is 12.5 Å². The van der Waals surface area contributed by atoms with E-state index >= 15 is 0 Å². The maximum atomic E-state index is 12.3. The van der Waals surface area contributed by atoms with Gasteiger partial charge < -0.3 is 10.4 Å². The van der Waals surface area contributed by atoms with E-state index in [9.17, 15) is 20.0 Å². The molecule has 0 saturated carbocycles. The van der Waals surface area contributed by atoms with E-state index in [0.717, 1.165) is 4.40 Å². The molecular weight excluding hydrogens is 332 g/mol. The molecule has 1 unspecified atom stereocenters. The van der Waals surface area contributed by atoms with Crippen molar-refractivity contribution in [3.63, 3.8) is 0 Å². The quantitative estimate of drug-likeness (QED) is 0.540. The molecule has 1 atom stereocenters. The Bertz CT molecular complexity index is 950. The number of hydrogen-bond donors (Lipinski definition) is 2. The lowest BCUT2D eigenvalue weighted by molar-refractivity contribution is -0.385. The van der Waals surface area contributed by atoms with Crippen molar-refractivity contribution in [2.24, 2.45) is 0 Å². The monoisotopic (exact) mass is 346 g/mol. The average Bonchev–Trinajstić information content (AvgIpc) is 3.08. The number of nitrogens with one attached hydrogen (secondary N) is 1. The van der Waals surface area contributed by atoms with E-state index in [0.29, 0.717) is 5.56 Å². The molecule has 0 spiro atoms. The Labute approximate surface area is 140 Å². The molecule has 3 aromatic rings. The van der Waals surface area contributed by atoms with Gasteiger partial charge in [0, 0.05) is 12.7 Å². The fourth-order valence-corrected chi connectivity index (χ4v) is 3.08. The van der Waals surface area contributed by atoms with Crippen molar-refractivity contribution in [1.29, 1.82) is 0 Å². The molecule has 0 bridgehead atoms. The van der Waals surface area contributed by atoms with Crippen LogP contribution in [0.1, 0.15) is 12.5 Å². The van der Waals surface area contributed by atoms with Gasteiger partial charge in [-0.05, 0) is 41.4 Å². The third kappa shape index (κ3) is 2.86. The third-order valence-electron chi connectivity index (χ3n) is 3.64. The Morgan fingerprint density at radius 2 is 2.25 bits per heavy atom. The number of hydrogen-bond acceptors (Lipinski definition) is 7. The Balaban J connectivity index is 2.01. The molecule has 0 radical (unpaired) electrons. The fraction of sp³-hybridized carbons (Fsp3) is 0.200. The van der Waals surface area contributed by atoms with Crippen molar-refractivity contribution in [3.8, 4) is 0 Å². The van der Waals surface area contributed by atoms with Crippen LogP contribution in [0.4, 0.5) is 11.5 Å². The number of rotatable bonds is 5. The lowest BCUT2D eigenvalue weighted by Gasteiger charge is -2.23. The summed E-state index contributed by atoms with van der Waals surface area (Å²) in [4.78, 5) is 27.0. The molecule has 24 heavy (non-hydrogen) atoms. The predicted molar refractivity (Wildman–Crippen MR) is 90.5 cm³/mol. The molecule has 0 saturated heterocycles. The summed E-state index contributed by atoms with van der Waals surface area (Å²) in [5.41, 5.74) is -1.72. The highest BCUT2D eigenvalue weighted by molar-refractivity contribution is 7.08. The van der Waals surface area contributed by atoms with Crippen molar-refractivity contribution in [3.05, 3.63) is 67.3 Å². The normalized spacial score (nSPS) is 13.6. The number of anilines is 1. The smallest absolute Gasteiger partial charge is 0.376 e. The topological polar surface area (TPSA) is 110 Å². The number of nitro groups is 1. The van der Waals surface area contributed by atoms with Crippen LogP contribution >= 0.6 is 11.3 Å². The first-order valence-electron chi connectivity index (χ1n) is 7.05. The standard InChI is InChI=1S/C15H14N4O4S/c1-15(21,10-5-7-24-8-10)9-16-13-12(19(22)23)14(20)18-6-3-2-4-11(18)17-13/h2-8,16,21H,9H2,1H3. The summed E-state index contributed by atoms with van der Waals surface area (Å²) in [6, 6.07) is 6.62. The van der Waals surface area contributed by atoms with Gasteiger partial charge in [-0.2, -0.15) is 11.3 Å². The van der Waals surface area contributed by atoms with Crippen LogP contribution in [-0.2, 0) is 5.60 Å². The van der Waals surface area contributed by atoms with Crippen LogP contribution in [-0.4, -0.2) is 26.0 Å². The van der Waals surface area contributed by atoms with E-state index in [-0.39, 0.29) is 18.0 Å². The fourth-order valence-electron chi connectivity index (χ4n) is 2.30. The number of pyridine rings is 1. The van der Waals surface area contributed by atoms with Crippen molar-refractivity contribution >= 4 is 28.5 Å². The maximum Gasteiger partial charge on any atom is 0.376 e. The zero-order valence-electron chi connectivity index (χ0n) is 12.7. The Hall–Kier alpha value is -2.78. The molecule has 3 aromatic heterocycles. The highest BCUT2D eigenvalue weighted by Gasteiger charge is 2.28. The van der Waals surface area contributed by atoms with Crippen LogP contribution in [0.15, 0.2) is 46.0 Å². The molecule has 0 amide bonds. The van der Waals surface area contributed by atoms with Crippen LogP contribution in [0.25, 0.3) is 5.65 Å². The molecule has 0 aromatic carbocycles. The molecule has 3 rings (SSSR count). The van der Waals surface area contributed by atoms with Gasteiger partial charge in [0.05, 0.1) is 4.92 Å². The van der Waals surface area contributed by atoms with E-state index in [4.69, 9.17) is 0 Å². The first kappa shape index (κ1) is 16.1. The molecule has 0 aliphatic carbocycles. The molecule has 2 N–H and O–H groups in total. The summed E-state index contributed by atoms with van der Waals surface area (Å²) in [6.07, 6.45) is 1.42.